The summed E-state index contributed by atoms with van der Waals surface area (Å²) < 4.78 is 21.1. The highest BCUT2D eigenvalue weighted by atomic mass is 16.5. The molecule has 1 aromatic rings. The molecule has 0 saturated carbocycles. The zero-order valence-corrected chi connectivity index (χ0v) is 16.3. The smallest absolute Gasteiger partial charge is 0.338 e. The Morgan fingerprint density at radius 1 is 1.14 bits per heavy atom. The van der Waals surface area contributed by atoms with Gasteiger partial charge in [-0.3, -0.25) is 0 Å². The Balaban J connectivity index is 2.13. The SMILES string of the molecule is CCOC(=O)C1=C(COC(=O)c2ccc(OC(C)C)c(OC)c2)NC(=O)NC1. The number of amides is 2. The Morgan fingerprint density at radius 2 is 1.89 bits per heavy atom. The third kappa shape index (κ3) is 5.38. The minimum absolute atomic E-state index is 0.00733. The molecular formula is C19H24N2O7. The lowest BCUT2D eigenvalue weighted by molar-refractivity contribution is -0.138. The Labute approximate surface area is 163 Å². The highest BCUT2D eigenvalue weighted by Gasteiger charge is 2.25. The topological polar surface area (TPSA) is 112 Å². The van der Waals surface area contributed by atoms with Gasteiger partial charge in [-0.1, -0.05) is 0 Å². The van der Waals surface area contributed by atoms with Crippen molar-refractivity contribution in [2.45, 2.75) is 26.9 Å². The van der Waals surface area contributed by atoms with Gasteiger partial charge in [0.25, 0.3) is 0 Å². The molecule has 0 radical (unpaired) electrons. The quantitative estimate of drug-likeness (QED) is 0.649. The zero-order valence-electron chi connectivity index (χ0n) is 16.3. The van der Waals surface area contributed by atoms with Crippen LogP contribution in [0.15, 0.2) is 29.5 Å². The second-order valence-electron chi connectivity index (χ2n) is 6.09. The van der Waals surface area contributed by atoms with Crippen molar-refractivity contribution < 1.29 is 33.3 Å². The van der Waals surface area contributed by atoms with Crippen molar-refractivity contribution in [2.24, 2.45) is 0 Å². The number of urea groups is 1. The van der Waals surface area contributed by atoms with Crippen molar-refractivity contribution >= 4 is 18.0 Å². The first-order valence-electron chi connectivity index (χ1n) is 8.81. The number of ether oxygens (including phenoxy) is 4. The van der Waals surface area contributed by atoms with Gasteiger partial charge in [-0.2, -0.15) is 0 Å². The van der Waals surface area contributed by atoms with E-state index in [1.807, 2.05) is 13.8 Å². The summed E-state index contributed by atoms with van der Waals surface area (Å²) in [7, 11) is 1.47. The summed E-state index contributed by atoms with van der Waals surface area (Å²) in [6.07, 6.45) is -0.0524. The van der Waals surface area contributed by atoms with E-state index in [0.29, 0.717) is 11.5 Å². The van der Waals surface area contributed by atoms with Crippen LogP contribution in [-0.2, 0) is 14.3 Å². The maximum absolute atomic E-state index is 12.4. The van der Waals surface area contributed by atoms with Gasteiger partial charge in [0.1, 0.15) is 6.61 Å². The van der Waals surface area contributed by atoms with Crippen LogP contribution >= 0.6 is 0 Å². The van der Waals surface area contributed by atoms with Crippen LogP contribution in [-0.4, -0.2) is 50.9 Å². The van der Waals surface area contributed by atoms with Crippen molar-refractivity contribution in [2.75, 3.05) is 26.9 Å². The molecule has 0 unspecified atom stereocenters. The van der Waals surface area contributed by atoms with Gasteiger partial charge in [-0.25, -0.2) is 14.4 Å². The van der Waals surface area contributed by atoms with Crippen LogP contribution in [0.2, 0.25) is 0 Å². The lowest BCUT2D eigenvalue weighted by atomic mass is 10.1. The van der Waals surface area contributed by atoms with Gasteiger partial charge in [0.05, 0.1) is 43.2 Å². The summed E-state index contributed by atoms with van der Waals surface area (Å²) >= 11 is 0. The van der Waals surface area contributed by atoms with Crippen LogP contribution in [0.3, 0.4) is 0 Å². The fourth-order valence-corrected chi connectivity index (χ4v) is 2.44. The number of rotatable bonds is 8. The molecule has 1 aliphatic rings. The van der Waals surface area contributed by atoms with Gasteiger partial charge in [-0.05, 0) is 39.0 Å². The van der Waals surface area contributed by atoms with Crippen LogP contribution in [0.4, 0.5) is 4.79 Å². The van der Waals surface area contributed by atoms with Gasteiger partial charge >= 0.3 is 18.0 Å². The molecule has 0 spiro atoms. The summed E-state index contributed by atoms with van der Waals surface area (Å²) in [5, 5.41) is 4.95. The van der Waals surface area contributed by atoms with Gasteiger partial charge in [0.2, 0.25) is 0 Å². The van der Waals surface area contributed by atoms with Crippen molar-refractivity contribution in [3.05, 3.63) is 35.0 Å². The Morgan fingerprint density at radius 3 is 2.54 bits per heavy atom. The summed E-state index contributed by atoms with van der Waals surface area (Å²) in [5.41, 5.74) is 0.626. The number of nitrogens with one attached hydrogen (secondary N) is 2. The minimum Gasteiger partial charge on any atom is -0.493 e. The zero-order chi connectivity index (χ0) is 20.7. The maximum atomic E-state index is 12.4. The van der Waals surface area contributed by atoms with Crippen LogP contribution < -0.4 is 20.1 Å². The molecule has 0 saturated heterocycles. The molecular weight excluding hydrogens is 368 g/mol. The molecule has 1 aromatic carbocycles. The summed E-state index contributed by atoms with van der Waals surface area (Å²) in [5.74, 6) is -0.326. The van der Waals surface area contributed by atoms with Crippen molar-refractivity contribution in [1.82, 2.24) is 10.6 Å². The fraction of sp³-hybridized carbons (Fsp3) is 0.421. The van der Waals surface area contributed by atoms with Gasteiger partial charge in [0.15, 0.2) is 11.5 Å². The Hall–Kier alpha value is -3.23. The molecule has 0 aliphatic carbocycles. The van der Waals surface area contributed by atoms with Crippen LogP contribution in [0.5, 0.6) is 11.5 Å². The van der Waals surface area contributed by atoms with Gasteiger partial charge in [0, 0.05) is 0 Å². The highest BCUT2D eigenvalue weighted by molar-refractivity contribution is 5.94. The fourth-order valence-electron chi connectivity index (χ4n) is 2.44. The Bertz CT molecular complexity index is 786. The lowest BCUT2D eigenvalue weighted by Crippen LogP contribution is -2.45. The number of methoxy groups -OCH3 is 1. The van der Waals surface area contributed by atoms with E-state index in [9.17, 15) is 14.4 Å². The molecule has 1 heterocycles. The summed E-state index contributed by atoms with van der Waals surface area (Å²) in [6, 6.07) is 4.17. The first kappa shape index (κ1) is 21.1. The summed E-state index contributed by atoms with van der Waals surface area (Å²) in [4.78, 5) is 35.9. The first-order valence-corrected chi connectivity index (χ1v) is 8.81. The largest absolute Gasteiger partial charge is 0.493 e. The van der Waals surface area contributed by atoms with Crippen molar-refractivity contribution in [3.63, 3.8) is 0 Å². The van der Waals surface area contributed by atoms with E-state index < -0.39 is 18.0 Å². The first-order chi connectivity index (χ1) is 13.3. The van der Waals surface area contributed by atoms with Gasteiger partial charge < -0.3 is 29.6 Å². The van der Waals surface area contributed by atoms with E-state index in [1.54, 1.807) is 19.1 Å². The minimum atomic E-state index is -0.641. The van der Waals surface area contributed by atoms with Crippen LogP contribution in [0.25, 0.3) is 0 Å². The van der Waals surface area contributed by atoms with E-state index in [1.165, 1.54) is 13.2 Å². The van der Waals surface area contributed by atoms with Crippen molar-refractivity contribution in [3.8, 4) is 11.5 Å². The number of hydrogen-bond acceptors (Lipinski definition) is 7. The predicted molar refractivity (Wildman–Crippen MR) is 99.2 cm³/mol. The maximum Gasteiger partial charge on any atom is 0.338 e. The van der Waals surface area contributed by atoms with E-state index in [2.05, 4.69) is 10.6 Å². The number of hydrogen-bond donors (Lipinski definition) is 2. The van der Waals surface area contributed by atoms with Crippen molar-refractivity contribution in [1.29, 1.82) is 0 Å². The van der Waals surface area contributed by atoms with E-state index in [0.717, 1.165) is 0 Å². The highest BCUT2D eigenvalue weighted by Crippen LogP contribution is 2.29. The molecule has 0 aromatic heterocycles. The number of carbonyl (C=O) groups excluding carboxylic acids is 3. The molecule has 1 aliphatic heterocycles. The Kier molecular flexibility index (Phi) is 7.25. The molecule has 152 valence electrons. The van der Waals surface area contributed by atoms with Gasteiger partial charge in [-0.15, -0.1) is 0 Å². The molecule has 2 N–H and O–H groups in total. The van der Waals surface area contributed by atoms with Crippen LogP contribution in [0, 0.1) is 0 Å². The lowest BCUT2D eigenvalue weighted by Gasteiger charge is -2.21. The number of esters is 2. The number of carbonyl (C=O) groups is 3. The molecule has 0 fully saturated rings. The molecule has 9 heteroatoms. The molecule has 0 atom stereocenters. The van der Waals surface area contributed by atoms with E-state index in [4.69, 9.17) is 18.9 Å². The number of benzene rings is 1. The molecule has 9 nitrogen and oxygen atoms in total. The predicted octanol–water partition coefficient (Wildman–Crippen LogP) is 1.77. The van der Waals surface area contributed by atoms with E-state index in [-0.39, 0.29) is 42.7 Å². The molecule has 2 rings (SSSR count). The third-order valence-corrected chi connectivity index (χ3v) is 3.69. The normalized spacial score (nSPS) is 13.5. The standard InChI is InChI=1S/C19H24N2O7/c1-5-26-18(23)13-9-20-19(24)21-14(13)10-27-17(22)12-6-7-15(28-11(2)3)16(8-12)25-4/h6-8,11H,5,9-10H2,1-4H3,(H2,20,21,24). The average Bonchev–Trinajstić information content (AvgIpc) is 2.66. The summed E-state index contributed by atoms with van der Waals surface area (Å²) in [6.45, 7) is 5.33. The second kappa shape index (κ2) is 9.63. The molecule has 28 heavy (non-hydrogen) atoms. The monoisotopic (exact) mass is 392 g/mol. The van der Waals surface area contributed by atoms with Crippen LogP contribution in [0.1, 0.15) is 31.1 Å². The second-order valence-corrected chi connectivity index (χ2v) is 6.09. The molecule has 2 amide bonds. The molecule has 0 bridgehead atoms. The average molecular weight is 392 g/mol. The third-order valence-electron chi connectivity index (χ3n) is 3.69. The van der Waals surface area contributed by atoms with E-state index >= 15 is 0 Å².